The van der Waals surface area contributed by atoms with Crippen molar-refractivity contribution in [2.24, 2.45) is 5.92 Å². The summed E-state index contributed by atoms with van der Waals surface area (Å²) < 4.78 is 25.4. The van der Waals surface area contributed by atoms with Crippen molar-refractivity contribution in [2.75, 3.05) is 30.3 Å². The SMILES string of the molecule is CCS(=O)(=O)NCC1CCN(c2ncccn2)CC1. The number of hydrogen-bond donors (Lipinski definition) is 1. The Balaban J connectivity index is 1.80. The van der Waals surface area contributed by atoms with Gasteiger partial charge in [0.05, 0.1) is 5.75 Å². The molecule has 0 bridgehead atoms. The molecule has 0 radical (unpaired) electrons. The van der Waals surface area contributed by atoms with Gasteiger partial charge in [-0.3, -0.25) is 0 Å². The number of nitrogens with zero attached hydrogens (tertiary/aromatic N) is 3. The fraction of sp³-hybridized carbons (Fsp3) is 0.667. The quantitative estimate of drug-likeness (QED) is 0.858. The summed E-state index contributed by atoms with van der Waals surface area (Å²) in [7, 11) is -3.07. The first-order chi connectivity index (χ1) is 9.11. The molecule has 1 saturated heterocycles. The molecule has 0 aliphatic carbocycles. The lowest BCUT2D eigenvalue weighted by atomic mass is 9.97. The Morgan fingerprint density at radius 1 is 1.32 bits per heavy atom. The van der Waals surface area contributed by atoms with Crippen molar-refractivity contribution < 1.29 is 8.42 Å². The van der Waals surface area contributed by atoms with E-state index in [1.165, 1.54) is 0 Å². The molecule has 1 N–H and O–H groups in total. The number of aromatic nitrogens is 2. The van der Waals surface area contributed by atoms with Crippen LogP contribution in [0, 0.1) is 5.92 Å². The van der Waals surface area contributed by atoms with E-state index in [0.717, 1.165) is 31.9 Å². The molecule has 1 aromatic heterocycles. The van der Waals surface area contributed by atoms with Gasteiger partial charge in [-0.1, -0.05) is 0 Å². The third kappa shape index (κ3) is 4.14. The van der Waals surface area contributed by atoms with Crippen LogP contribution in [-0.4, -0.2) is 43.8 Å². The van der Waals surface area contributed by atoms with Crippen LogP contribution in [0.5, 0.6) is 0 Å². The number of nitrogens with one attached hydrogen (secondary N) is 1. The third-order valence-electron chi connectivity index (χ3n) is 3.42. The van der Waals surface area contributed by atoms with Gasteiger partial charge in [-0.25, -0.2) is 23.1 Å². The number of rotatable bonds is 5. The predicted octanol–water partition coefficient (Wildman–Crippen LogP) is 0.632. The van der Waals surface area contributed by atoms with Crippen LogP contribution in [0.1, 0.15) is 19.8 Å². The number of sulfonamides is 1. The van der Waals surface area contributed by atoms with Crippen LogP contribution in [0.25, 0.3) is 0 Å². The molecule has 0 spiro atoms. The molecule has 1 aliphatic rings. The first kappa shape index (κ1) is 14.2. The van der Waals surface area contributed by atoms with Crippen molar-refractivity contribution in [2.45, 2.75) is 19.8 Å². The standard InChI is InChI=1S/C12H20N4O2S/c1-2-19(17,18)15-10-11-4-8-16(9-5-11)12-13-6-3-7-14-12/h3,6-7,11,15H,2,4-5,8-10H2,1H3. The Morgan fingerprint density at radius 3 is 2.53 bits per heavy atom. The zero-order chi connectivity index (χ0) is 13.7. The van der Waals surface area contributed by atoms with Crippen molar-refractivity contribution in [3.63, 3.8) is 0 Å². The van der Waals surface area contributed by atoms with Crippen molar-refractivity contribution in [1.29, 1.82) is 0 Å². The average Bonchev–Trinajstić information content (AvgIpc) is 2.47. The second-order valence-corrected chi connectivity index (χ2v) is 6.83. The summed E-state index contributed by atoms with van der Waals surface area (Å²) in [6.45, 7) is 3.95. The zero-order valence-corrected chi connectivity index (χ0v) is 11.9. The van der Waals surface area contributed by atoms with E-state index in [9.17, 15) is 8.42 Å². The van der Waals surface area contributed by atoms with Gasteiger partial charge in [-0.2, -0.15) is 0 Å². The minimum absolute atomic E-state index is 0.143. The van der Waals surface area contributed by atoms with Crippen molar-refractivity contribution >= 4 is 16.0 Å². The predicted molar refractivity (Wildman–Crippen MR) is 74.4 cm³/mol. The first-order valence-corrected chi connectivity index (χ1v) is 8.25. The largest absolute Gasteiger partial charge is 0.341 e. The van der Waals surface area contributed by atoms with Crippen LogP contribution in [0.2, 0.25) is 0 Å². The molecular weight excluding hydrogens is 264 g/mol. The molecule has 1 aliphatic heterocycles. The van der Waals surface area contributed by atoms with Gasteiger partial charge in [0.1, 0.15) is 0 Å². The van der Waals surface area contributed by atoms with Gasteiger partial charge >= 0.3 is 0 Å². The topological polar surface area (TPSA) is 75.2 Å². The molecule has 7 heteroatoms. The van der Waals surface area contributed by atoms with Crippen LogP contribution in [-0.2, 0) is 10.0 Å². The summed E-state index contributed by atoms with van der Waals surface area (Å²) in [5.74, 6) is 1.31. The van der Waals surface area contributed by atoms with Crippen LogP contribution < -0.4 is 9.62 Å². The molecular formula is C12H20N4O2S. The second kappa shape index (κ2) is 6.29. The molecule has 0 atom stereocenters. The van der Waals surface area contributed by atoms with E-state index in [0.29, 0.717) is 12.5 Å². The maximum atomic E-state index is 11.4. The van der Waals surface area contributed by atoms with Gasteiger partial charge in [0.2, 0.25) is 16.0 Å². The highest BCUT2D eigenvalue weighted by molar-refractivity contribution is 7.89. The van der Waals surface area contributed by atoms with Crippen molar-refractivity contribution in [3.8, 4) is 0 Å². The summed E-state index contributed by atoms with van der Waals surface area (Å²) in [4.78, 5) is 10.6. The molecule has 2 heterocycles. The Hall–Kier alpha value is -1.21. The van der Waals surface area contributed by atoms with Crippen LogP contribution in [0.4, 0.5) is 5.95 Å². The van der Waals surface area contributed by atoms with Gasteiger partial charge in [0.15, 0.2) is 0 Å². The Kier molecular flexibility index (Phi) is 4.71. The Morgan fingerprint density at radius 2 is 1.95 bits per heavy atom. The zero-order valence-electron chi connectivity index (χ0n) is 11.1. The van der Waals surface area contributed by atoms with Gasteiger partial charge in [-0.05, 0) is 31.7 Å². The molecule has 1 aromatic rings. The lowest BCUT2D eigenvalue weighted by molar-refractivity contribution is 0.399. The lowest BCUT2D eigenvalue weighted by Gasteiger charge is -2.31. The molecule has 0 unspecified atom stereocenters. The van der Waals surface area contributed by atoms with E-state index in [-0.39, 0.29) is 5.75 Å². The summed E-state index contributed by atoms with van der Waals surface area (Å²) in [5.41, 5.74) is 0. The van der Waals surface area contributed by atoms with E-state index in [1.54, 1.807) is 25.4 Å². The lowest BCUT2D eigenvalue weighted by Crippen LogP contribution is -2.39. The molecule has 0 aromatic carbocycles. The smallest absolute Gasteiger partial charge is 0.225 e. The fourth-order valence-corrected chi connectivity index (χ4v) is 2.83. The van der Waals surface area contributed by atoms with Gasteiger partial charge in [0.25, 0.3) is 0 Å². The molecule has 0 amide bonds. The average molecular weight is 284 g/mol. The van der Waals surface area contributed by atoms with E-state index in [1.807, 2.05) is 0 Å². The number of piperidine rings is 1. The minimum Gasteiger partial charge on any atom is -0.341 e. The van der Waals surface area contributed by atoms with E-state index in [4.69, 9.17) is 0 Å². The Labute approximate surface area is 114 Å². The van der Waals surface area contributed by atoms with E-state index in [2.05, 4.69) is 19.6 Å². The first-order valence-electron chi connectivity index (χ1n) is 6.60. The van der Waals surface area contributed by atoms with Crippen molar-refractivity contribution in [3.05, 3.63) is 18.5 Å². The molecule has 0 saturated carbocycles. The third-order valence-corrected chi connectivity index (χ3v) is 4.79. The number of anilines is 1. The molecule has 19 heavy (non-hydrogen) atoms. The summed E-state index contributed by atoms with van der Waals surface area (Å²) in [6, 6.07) is 1.80. The molecule has 2 rings (SSSR count). The van der Waals surface area contributed by atoms with Crippen LogP contribution >= 0.6 is 0 Å². The minimum atomic E-state index is -3.07. The van der Waals surface area contributed by atoms with Gasteiger partial charge < -0.3 is 4.90 Å². The molecule has 106 valence electrons. The van der Waals surface area contributed by atoms with Gasteiger partial charge in [-0.15, -0.1) is 0 Å². The highest BCUT2D eigenvalue weighted by Crippen LogP contribution is 2.19. The number of hydrogen-bond acceptors (Lipinski definition) is 5. The Bertz CT molecular complexity index is 484. The molecule has 6 nitrogen and oxygen atoms in total. The van der Waals surface area contributed by atoms with E-state index >= 15 is 0 Å². The summed E-state index contributed by atoms with van der Waals surface area (Å²) >= 11 is 0. The highest BCUT2D eigenvalue weighted by atomic mass is 32.2. The monoisotopic (exact) mass is 284 g/mol. The maximum Gasteiger partial charge on any atom is 0.225 e. The van der Waals surface area contributed by atoms with Crippen LogP contribution in [0.15, 0.2) is 18.5 Å². The second-order valence-electron chi connectivity index (χ2n) is 4.73. The summed E-state index contributed by atoms with van der Waals surface area (Å²) in [5, 5.41) is 0. The molecule has 1 fully saturated rings. The maximum absolute atomic E-state index is 11.4. The van der Waals surface area contributed by atoms with E-state index < -0.39 is 10.0 Å². The highest BCUT2D eigenvalue weighted by Gasteiger charge is 2.21. The fourth-order valence-electron chi connectivity index (χ4n) is 2.14. The summed E-state index contributed by atoms with van der Waals surface area (Å²) in [6.07, 6.45) is 5.41. The van der Waals surface area contributed by atoms with Gasteiger partial charge in [0, 0.05) is 32.0 Å². The van der Waals surface area contributed by atoms with Crippen LogP contribution in [0.3, 0.4) is 0 Å². The van der Waals surface area contributed by atoms with Crippen molar-refractivity contribution in [1.82, 2.24) is 14.7 Å². The normalized spacial score (nSPS) is 17.6.